The van der Waals surface area contributed by atoms with E-state index in [4.69, 9.17) is 0 Å². The van der Waals surface area contributed by atoms with Crippen LogP contribution in [0.3, 0.4) is 0 Å². The molecule has 0 aliphatic heterocycles. The Labute approximate surface area is 81.5 Å². The number of benzene rings is 1. The molecule has 1 N–H and O–H groups in total. The van der Waals surface area contributed by atoms with Gasteiger partial charge >= 0.3 is 0 Å². The molecule has 6 heteroatoms. The largest absolute Gasteiger partial charge is 0.244 e. The maximum absolute atomic E-state index is 12.9. The van der Waals surface area contributed by atoms with E-state index in [1.165, 1.54) is 18.2 Å². The first-order valence-corrected chi connectivity index (χ1v) is 5.62. The van der Waals surface area contributed by atoms with Crippen molar-refractivity contribution in [3.63, 3.8) is 0 Å². The zero-order valence-electron chi connectivity index (χ0n) is 7.44. The highest BCUT2D eigenvalue weighted by Crippen LogP contribution is 2.02. The molecule has 1 aromatic rings. The van der Waals surface area contributed by atoms with Gasteiger partial charge in [-0.2, -0.15) is 5.10 Å². The SMILES string of the molecule is CS(=O)(=O)N/N=C/c1ccccc1F. The molecule has 0 bridgehead atoms. The molecule has 14 heavy (non-hydrogen) atoms. The van der Waals surface area contributed by atoms with Crippen LogP contribution in [0.2, 0.25) is 0 Å². The van der Waals surface area contributed by atoms with Crippen molar-refractivity contribution >= 4 is 16.2 Å². The molecule has 0 aliphatic rings. The molecule has 0 radical (unpaired) electrons. The number of nitrogens with one attached hydrogen (secondary N) is 1. The molecule has 0 saturated carbocycles. The predicted octanol–water partition coefficient (Wildman–Crippen LogP) is 0.709. The summed E-state index contributed by atoms with van der Waals surface area (Å²) in [4.78, 5) is 1.87. The monoisotopic (exact) mass is 216 g/mol. The lowest BCUT2D eigenvalue weighted by atomic mass is 10.2. The van der Waals surface area contributed by atoms with E-state index in [1.54, 1.807) is 6.07 Å². The molecule has 0 unspecified atom stereocenters. The van der Waals surface area contributed by atoms with Crippen molar-refractivity contribution < 1.29 is 12.8 Å². The molecule has 0 aromatic heterocycles. The zero-order chi connectivity index (χ0) is 10.6. The van der Waals surface area contributed by atoms with Gasteiger partial charge in [0, 0.05) is 5.56 Å². The first kappa shape index (κ1) is 10.6. The molecule has 0 aliphatic carbocycles. The average Bonchev–Trinajstić information content (AvgIpc) is 2.06. The Morgan fingerprint density at radius 3 is 2.64 bits per heavy atom. The Kier molecular flexibility index (Phi) is 3.19. The topological polar surface area (TPSA) is 58.5 Å². The number of hydrogen-bond donors (Lipinski definition) is 1. The fourth-order valence-electron chi connectivity index (χ4n) is 0.771. The van der Waals surface area contributed by atoms with Gasteiger partial charge in [-0.1, -0.05) is 18.2 Å². The van der Waals surface area contributed by atoms with E-state index >= 15 is 0 Å². The van der Waals surface area contributed by atoms with Crippen molar-refractivity contribution in [3.05, 3.63) is 35.6 Å². The van der Waals surface area contributed by atoms with Crippen molar-refractivity contribution in [2.75, 3.05) is 6.26 Å². The van der Waals surface area contributed by atoms with Gasteiger partial charge in [0.1, 0.15) is 5.82 Å². The Hall–Kier alpha value is -1.43. The number of rotatable bonds is 3. The van der Waals surface area contributed by atoms with Crippen LogP contribution in [0.1, 0.15) is 5.56 Å². The normalized spacial score (nSPS) is 11.9. The van der Waals surface area contributed by atoms with Crippen LogP contribution in [-0.4, -0.2) is 20.9 Å². The number of sulfonamides is 1. The van der Waals surface area contributed by atoms with Gasteiger partial charge in [-0.3, -0.25) is 0 Å². The van der Waals surface area contributed by atoms with Crippen LogP contribution in [0.4, 0.5) is 4.39 Å². The number of halogens is 1. The van der Waals surface area contributed by atoms with Crippen molar-refractivity contribution in [2.24, 2.45) is 5.10 Å². The first-order valence-electron chi connectivity index (χ1n) is 3.73. The number of nitrogens with zero attached hydrogens (tertiary/aromatic N) is 1. The summed E-state index contributed by atoms with van der Waals surface area (Å²) in [7, 11) is -3.38. The van der Waals surface area contributed by atoms with E-state index in [0.29, 0.717) is 0 Å². The second kappa shape index (κ2) is 4.19. The van der Waals surface area contributed by atoms with Crippen LogP contribution in [-0.2, 0) is 10.0 Å². The molecular formula is C8H9FN2O2S. The van der Waals surface area contributed by atoms with E-state index in [1.807, 2.05) is 4.83 Å². The molecule has 0 saturated heterocycles. The summed E-state index contributed by atoms with van der Waals surface area (Å²) in [6, 6.07) is 5.92. The summed E-state index contributed by atoms with van der Waals surface area (Å²) in [5, 5.41) is 3.37. The summed E-state index contributed by atoms with van der Waals surface area (Å²) in [5.74, 6) is -0.452. The molecule has 0 amide bonds. The molecular weight excluding hydrogens is 207 g/mol. The Morgan fingerprint density at radius 1 is 1.43 bits per heavy atom. The van der Waals surface area contributed by atoms with Gasteiger partial charge in [-0.25, -0.2) is 17.6 Å². The van der Waals surface area contributed by atoms with Crippen LogP contribution in [0.25, 0.3) is 0 Å². The molecule has 0 spiro atoms. The standard InChI is InChI=1S/C8H9FN2O2S/c1-14(12,13)11-10-6-7-4-2-3-5-8(7)9/h2-6,11H,1H3/b10-6+. The summed E-state index contributed by atoms with van der Waals surface area (Å²) >= 11 is 0. The zero-order valence-corrected chi connectivity index (χ0v) is 8.25. The van der Waals surface area contributed by atoms with Crippen molar-refractivity contribution in [2.45, 2.75) is 0 Å². The maximum atomic E-state index is 12.9. The van der Waals surface area contributed by atoms with E-state index in [-0.39, 0.29) is 5.56 Å². The third-order valence-electron chi connectivity index (χ3n) is 1.33. The fraction of sp³-hybridized carbons (Fsp3) is 0.125. The second-order valence-electron chi connectivity index (χ2n) is 2.64. The lowest BCUT2D eigenvalue weighted by Crippen LogP contribution is -2.15. The second-order valence-corrected chi connectivity index (χ2v) is 4.37. The predicted molar refractivity (Wildman–Crippen MR) is 52.0 cm³/mol. The van der Waals surface area contributed by atoms with Crippen LogP contribution in [0.5, 0.6) is 0 Å². The third kappa shape index (κ3) is 3.53. The molecule has 1 aromatic carbocycles. The van der Waals surface area contributed by atoms with Crippen LogP contribution in [0, 0.1) is 5.82 Å². The molecule has 76 valence electrons. The summed E-state index contributed by atoms with van der Waals surface area (Å²) < 4.78 is 34.1. The highest BCUT2D eigenvalue weighted by atomic mass is 32.2. The summed E-state index contributed by atoms with van der Waals surface area (Å²) in [6.07, 6.45) is 2.07. The lowest BCUT2D eigenvalue weighted by Gasteiger charge is -1.96. The Balaban J connectivity index is 2.75. The molecule has 0 atom stereocenters. The highest BCUT2D eigenvalue weighted by Gasteiger charge is 1.97. The van der Waals surface area contributed by atoms with E-state index in [2.05, 4.69) is 5.10 Å². The van der Waals surface area contributed by atoms with Crippen LogP contribution >= 0.6 is 0 Å². The fourth-order valence-corrected chi connectivity index (χ4v) is 1.02. The molecule has 4 nitrogen and oxygen atoms in total. The summed E-state index contributed by atoms with van der Waals surface area (Å²) in [6.45, 7) is 0. The van der Waals surface area contributed by atoms with Gasteiger partial charge in [0.2, 0.25) is 10.0 Å². The van der Waals surface area contributed by atoms with Crippen LogP contribution < -0.4 is 4.83 Å². The highest BCUT2D eigenvalue weighted by molar-refractivity contribution is 7.88. The van der Waals surface area contributed by atoms with E-state index in [9.17, 15) is 12.8 Å². The molecule has 0 heterocycles. The number of hydrazone groups is 1. The van der Waals surface area contributed by atoms with Gasteiger partial charge in [0.15, 0.2) is 0 Å². The van der Waals surface area contributed by atoms with Crippen molar-refractivity contribution in [3.8, 4) is 0 Å². The van der Waals surface area contributed by atoms with Gasteiger partial charge < -0.3 is 0 Å². The van der Waals surface area contributed by atoms with Crippen molar-refractivity contribution in [1.82, 2.24) is 4.83 Å². The first-order chi connectivity index (χ1) is 6.49. The van der Waals surface area contributed by atoms with Gasteiger partial charge in [-0.05, 0) is 6.07 Å². The lowest BCUT2D eigenvalue weighted by molar-refractivity contribution is 0.590. The Bertz CT molecular complexity index is 442. The smallest absolute Gasteiger partial charge is 0.206 e. The molecule has 1 rings (SSSR count). The third-order valence-corrected chi connectivity index (χ3v) is 1.76. The minimum Gasteiger partial charge on any atom is -0.206 e. The van der Waals surface area contributed by atoms with Crippen LogP contribution in [0.15, 0.2) is 29.4 Å². The minimum absolute atomic E-state index is 0.226. The molecule has 0 fully saturated rings. The van der Waals surface area contributed by atoms with E-state index in [0.717, 1.165) is 12.5 Å². The van der Waals surface area contributed by atoms with Gasteiger partial charge in [-0.15, -0.1) is 0 Å². The minimum atomic E-state index is -3.38. The van der Waals surface area contributed by atoms with Crippen molar-refractivity contribution in [1.29, 1.82) is 0 Å². The van der Waals surface area contributed by atoms with Gasteiger partial charge in [0.25, 0.3) is 0 Å². The summed E-state index contributed by atoms with van der Waals surface area (Å²) in [5.41, 5.74) is 0.226. The average molecular weight is 216 g/mol. The van der Waals surface area contributed by atoms with E-state index < -0.39 is 15.8 Å². The van der Waals surface area contributed by atoms with Gasteiger partial charge in [0.05, 0.1) is 12.5 Å². The maximum Gasteiger partial charge on any atom is 0.244 e. The quantitative estimate of drug-likeness (QED) is 0.597. The number of hydrogen-bond acceptors (Lipinski definition) is 3. The Morgan fingerprint density at radius 2 is 2.07 bits per heavy atom.